The predicted molar refractivity (Wildman–Crippen MR) is 40.1 cm³/mol. The van der Waals surface area contributed by atoms with Crippen LogP contribution in [0.5, 0.6) is 0 Å². The second kappa shape index (κ2) is 3.61. The molecule has 0 spiro atoms. The highest BCUT2D eigenvalue weighted by molar-refractivity contribution is 6.63. The number of ether oxygens (including phenoxy) is 1. The highest BCUT2D eigenvalue weighted by Gasteiger charge is 2.38. The molecule has 13 heavy (non-hydrogen) atoms. The molecule has 0 radical (unpaired) electrons. The summed E-state index contributed by atoms with van der Waals surface area (Å²) in [7, 11) is 0. The summed E-state index contributed by atoms with van der Waals surface area (Å²) < 4.78 is 4.44. The lowest BCUT2D eigenvalue weighted by atomic mass is 10.2. The van der Waals surface area contributed by atoms with Crippen LogP contribution in [0.4, 0.5) is 4.79 Å². The molecule has 1 fully saturated rings. The fourth-order valence-corrected chi connectivity index (χ4v) is 1.13. The van der Waals surface area contributed by atoms with E-state index in [0.29, 0.717) is 0 Å². The van der Waals surface area contributed by atoms with Gasteiger partial charge in [0.15, 0.2) is 6.73 Å². The van der Waals surface area contributed by atoms with Crippen molar-refractivity contribution in [2.24, 2.45) is 0 Å². The Morgan fingerprint density at radius 2 is 2.31 bits per heavy atom. The van der Waals surface area contributed by atoms with Gasteiger partial charge < -0.3 is 9.84 Å². The van der Waals surface area contributed by atoms with Crippen LogP contribution in [-0.4, -0.2) is 40.1 Å². The average molecular weight is 208 g/mol. The number of carbonyl (C=O) groups excluding carboxylic acids is 2. The van der Waals surface area contributed by atoms with Crippen molar-refractivity contribution in [2.75, 3.05) is 6.73 Å². The monoisotopic (exact) mass is 207 g/mol. The lowest BCUT2D eigenvalue weighted by Gasteiger charge is -2.13. The Kier molecular flexibility index (Phi) is 2.72. The summed E-state index contributed by atoms with van der Waals surface area (Å²) in [6.07, 6.45) is -1.67. The molecule has 7 heteroatoms. The molecule has 0 aromatic rings. The van der Waals surface area contributed by atoms with Crippen molar-refractivity contribution >= 4 is 28.9 Å². The number of carboxylic acid groups (broad SMARTS) is 1. The zero-order valence-corrected chi connectivity index (χ0v) is 7.15. The summed E-state index contributed by atoms with van der Waals surface area (Å²) >= 11 is 5.03. The van der Waals surface area contributed by atoms with Gasteiger partial charge >= 0.3 is 12.1 Å². The van der Waals surface area contributed by atoms with Gasteiger partial charge in [0.2, 0.25) is 5.24 Å². The number of rotatable bonds is 2. The second-order valence-corrected chi connectivity index (χ2v) is 2.84. The molecule has 6 nitrogen and oxygen atoms in total. The van der Waals surface area contributed by atoms with Crippen LogP contribution >= 0.6 is 11.6 Å². The van der Waals surface area contributed by atoms with E-state index in [2.05, 4.69) is 4.74 Å². The Bertz CT molecular complexity index is 266. The molecular weight excluding hydrogens is 202 g/mol. The Hall–Kier alpha value is -1.30. The molecule has 1 atom stereocenters. The molecule has 0 bridgehead atoms. The third-order valence-electron chi connectivity index (χ3n) is 1.59. The number of hydrogen-bond donors (Lipinski definition) is 1. The van der Waals surface area contributed by atoms with E-state index < -0.39 is 23.3 Å². The maximum Gasteiger partial charge on any atom is 0.410 e. The zero-order valence-electron chi connectivity index (χ0n) is 6.40. The van der Waals surface area contributed by atoms with Crippen molar-refractivity contribution in [3.63, 3.8) is 0 Å². The standard InChI is InChI=1S/C6H6ClNO5/c7-4(9)1-3-5(10)13-2-8(3)6(11)12/h3H,1-2H2,(H,11,12). The highest BCUT2D eigenvalue weighted by Crippen LogP contribution is 2.15. The summed E-state index contributed by atoms with van der Waals surface area (Å²) in [5.41, 5.74) is 0. The first-order valence-electron chi connectivity index (χ1n) is 3.37. The van der Waals surface area contributed by atoms with E-state index in [4.69, 9.17) is 16.7 Å². The average Bonchev–Trinajstić information content (AvgIpc) is 2.32. The Morgan fingerprint density at radius 3 is 2.77 bits per heavy atom. The minimum absolute atomic E-state index is 0.344. The first kappa shape index (κ1) is 9.79. The van der Waals surface area contributed by atoms with Crippen LogP contribution in [-0.2, 0) is 14.3 Å². The third-order valence-corrected chi connectivity index (χ3v) is 1.75. The van der Waals surface area contributed by atoms with Crippen LogP contribution in [0, 0.1) is 0 Å². The minimum Gasteiger partial charge on any atom is -0.465 e. The van der Waals surface area contributed by atoms with Crippen molar-refractivity contribution in [3.8, 4) is 0 Å². The van der Waals surface area contributed by atoms with Crippen molar-refractivity contribution in [2.45, 2.75) is 12.5 Å². The number of halogens is 1. The summed E-state index contributed by atoms with van der Waals surface area (Å²) in [4.78, 5) is 32.5. The molecule has 1 saturated heterocycles. The molecule has 1 aliphatic heterocycles. The van der Waals surface area contributed by atoms with Gasteiger partial charge in [0.05, 0.1) is 6.42 Å². The third kappa shape index (κ3) is 2.09. The van der Waals surface area contributed by atoms with Gasteiger partial charge in [-0.05, 0) is 11.6 Å². The van der Waals surface area contributed by atoms with Gasteiger partial charge in [0, 0.05) is 0 Å². The number of amides is 1. The molecule has 0 aromatic carbocycles. The molecule has 1 unspecified atom stereocenters. The summed E-state index contributed by atoms with van der Waals surface area (Å²) in [6, 6.07) is -1.09. The molecule has 1 N–H and O–H groups in total. The highest BCUT2D eigenvalue weighted by atomic mass is 35.5. The van der Waals surface area contributed by atoms with Crippen LogP contribution in [0.3, 0.4) is 0 Å². The lowest BCUT2D eigenvalue weighted by molar-refractivity contribution is -0.139. The molecule has 0 aliphatic carbocycles. The molecule has 0 aromatic heterocycles. The van der Waals surface area contributed by atoms with Gasteiger partial charge in [-0.25, -0.2) is 9.59 Å². The number of esters is 1. The number of cyclic esters (lactones) is 1. The quantitative estimate of drug-likeness (QED) is 0.509. The van der Waals surface area contributed by atoms with Gasteiger partial charge in [0.1, 0.15) is 6.04 Å². The van der Waals surface area contributed by atoms with Gasteiger partial charge in [-0.1, -0.05) is 0 Å². The van der Waals surface area contributed by atoms with Gasteiger partial charge in [-0.15, -0.1) is 0 Å². The normalized spacial score (nSPS) is 21.5. The molecule has 72 valence electrons. The fourth-order valence-electron chi connectivity index (χ4n) is 0.981. The summed E-state index contributed by atoms with van der Waals surface area (Å²) in [5, 5.41) is 7.79. The van der Waals surface area contributed by atoms with E-state index in [1.54, 1.807) is 0 Å². The number of nitrogens with zero attached hydrogens (tertiary/aromatic N) is 1. The van der Waals surface area contributed by atoms with E-state index in [1.165, 1.54) is 0 Å². The van der Waals surface area contributed by atoms with Crippen molar-refractivity contribution < 1.29 is 24.2 Å². The number of carbonyl (C=O) groups is 3. The predicted octanol–water partition coefficient (Wildman–Crippen LogP) is 0.00480. The molecule has 0 saturated carbocycles. The Balaban J connectivity index is 2.71. The van der Waals surface area contributed by atoms with E-state index >= 15 is 0 Å². The number of hydrogen-bond acceptors (Lipinski definition) is 4. The minimum atomic E-state index is -1.31. The Morgan fingerprint density at radius 1 is 1.69 bits per heavy atom. The summed E-state index contributed by atoms with van der Waals surface area (Å²) in [6.45, 7) is -0.344. The first-order chi connectivity index (χ1) is 6.02. The van der Waals surface area contributed by atoms with E-state index in [-0.39, 0.29) is 13.2 Å². The fraction of sp³-hybridized carbons (Fsp3) is 0.500. The van der Waals surface area contributed by atoms with Crippen molar-refractivity contribution in [3.05, 3.63) is 0 Å². The Labute approximate surface area is 78.0 Å². The smallest absolute Gasteiger partial charge is 0.410 e. The SMILES string of the molecule is O=C(Cl)CC1C(=O)OCN1C(=O)O. The zero-order chi connectivity index (χ0) is 10.0. The van der Waals surface area contributed by atoms with E-state index in [1.807, 2.05) is 0 Å². The first-order valence-corrected chi connectivity index (χ1v) is 3.74. The van der Waals surface area contributed by atoms with Crippen LogP contribution in [0.1, 0.15) is 6.42 Å². The van der Waals surface area contributed by atoms with Crippen LogP contribution in [0.2, 0.25) is 0 Å². The topological polar surface area (TPSA) is 83.9 Å². The van der Waals surface area contributed by atoms with Gasteiger partial charge in [-0.2, -0.15) is 0 Å². The molecule has 1 aliphatic rings. The molecule has 1 rings (SSSR count). The van der Waals surface area contributed by atoms with E-state index in [0.717, 1.165) is 4.90 Å². The molecule has 1 heterocycles. The van der Waals surface area contributed by atoms with Crippen LogP contribution < -0.4 is 0 Å². The molecule has 1 amide bonds. The van der Waals surface area contributed by atoms with E-state index in [9.17, 15) is 14.4 Å². The van der Waals surface area contributed by atoms with Crippen molar-refractivity contribution in [1.29, 1.82) is 0 Å². The maximum absolute atomic E-state index is 10.9. The van der Waals surface area contributed by atoms with Gasteiger partial charge in [0.25, 0.3) is 0 Å². The maximum atomic E-state index is 10.9. The summed E-state index contributed by atoms with van der Waals surface area (Å²) in [5.74, 6) is -0.739. The van der Waals surface area contributed by atoms with Crippen LogP contribution in [0.25, 0.3) is 0 Å². The van der Waals surface area contributed by atoms with Crippen molar-refractivity contribution in [1.82, 2.24) is 4.90 Å². The lowest BCUT2D eigenvalue weighted by Crippen LogP contribution is -2.38. The van der Waals surface area contributed by atoms with Crippen LogP contribution in [0.15, 0.2) is 0 Å². The molecular formula is C6H6ClNO5. The van der Waals surface area contributed by atoms with Gasteiger partial charge in [-0.3, -0.25) is 9.69 Å². The largest absolute Gasteiger partial charge is 0.465 e. The second-order valence-electron chi connectivity index (χ2n) is 2.42.